The van der Waals surface area contributed by atoms with Crippen LogP contribution < -0.4 is 0 Å². The highest BCUT2D eigenvalue weighted by molar-refractivity contribution is 6.40. The maximum absolute atomic E-state index is 13.4. The van der Waals surface area contributed by atoms with E-state index in [1.807, 2.05) is 0 Å². The highest BCUT2D eigenvalue weighted by Gasteiger charge is 2.18. The molecule has 0 saturated heterocycles. The van der Waals surface area contributed by atoms with E-state index in [1.54, 1.807) is 0 Å². The van der Waals surface area contributed by atoms with Gasteiger partial charge < -0.3 is 0 Å². The van der Waals surface area contributed by atoms with E-state index in [2.05, 4.69) is 15.1 Å². The standard InChI is InChI=1S/C11H4Cl3FN4/c12-7-2-1-5(15)3-6(7)8-9(13)18-11-16-4-17-19(11)10(8)14/h1-4H. The van der Waals surface area contributed by atoms with Crippen molar-refractivity contribution in [2.45, 2.75) is 0 Å². The molecule has 96 valence electrons. The zero-order chi connectivity index (χ0) is 13.6. The fourth-order valence-electron chi connectivity index (χ4n) is 1.70. The Morgan fingerprint density at radius 1 is 1.16 bits per heavy atom. The summed E-state index contributed by atoms with van der Waals surface area (Å²) >= 11 is 18.3. The molecular formula is C11H4Cl3FN4. The molecule has 19 heavy (non-hydrogen) atoms. The van der Waals surface area contributed by atoms with Crippen LogP contribution >= 0.6 is 34.8 Å². The number of rotatable bonds is 1. The minimum Gasteiger partial charge on any atom is -0.207 e. The number of nitrogens with zero attached hydrogens (tertiary/aromatic N) is 4. The lowest BCUT2D eigenvalue weighted by molar-refractivity contribution is 0.628. The van der Waals surface area contributed by atoms with Crippen LogP contribution in [0.4, 0.5) is 4.39 Å². The summed E-state index contributed by atoms with van der Waals surface area (Å²) in [6.07, 6.45) is 1.29. The maximum atomic E-state index is 13.4. The summed E-state index contributed by atoms with van der Waals surface area (Å²) in [5.41, 5.74) is 0.660. The Kier molecular flexibility index (Phi) is 3.05. The van der Waals surface area contributed by atoms with Gasteiger partial charge >= 0.3 is 0 Å². The predicted molar refractivity (Wildman–Crippen MR) is 71.2 cm³/mol. The molecule has 0 atom stereocenters. The highest BCUT2D eigenvalue weighted by atomic mass is 35.5. The summed E-state index contributed by atoms with van der Waals surface area (Å²) in [4.78, 5) is 7.91. The van der Waals surface area contributed by atoms with Gasteiger partial charge in [-0.3, -0.25) is 0 Å². The molecule has 4 nitrogen and oxygen atoms in total. The third kappa shape index (κ3) is 2.04. The molecule has 0 bridgehead atoms. The summed E-state index contributed by atoms with van der Waals surface area (Å²) in [6, 6.07) is 3.90. The Balaban J connectivity index is 2.38. The first-order valence-corrected chi connectivity index (χ1v) is 6.21. The zero-order valence-electron chi connectivity index (χ0n) is 9.11. The van der Waals surface area contributed by atoms with Crippen molar-refractivity contribution < 1.29 is 4.39 Å². The Morgan fingerprint density at radius 2 is 1.95 bits per heavy atom. The van der Waals surface area contributed by atoms with E-state index < -0.39 is 5.82 Å². The first kappa shape index (κ1) is 12.6. The lowest BCUT2D eigenvalue weighted by Gasteiger charge is -2.09. The Hall–Kier alpha value is -1.43. The number of hydrogen-bond acceptors (Lipinski definition) is 3. The third-order valence-electron chi connectivity index (χ3n) is 2.52. The molecule has 0 amide bonds. The first-order chi connectivity index (χ1) is 9.08. The smallest absolute Gasteiger partial charge is 0.207 e. The molecule has 3 rings (SSSR count). The predicted octanol–water partition coefficient (Wildman–Crippen LogP) is 3.89. The molecule has 0 spiro atoms. The molecule has 1 aromatic carbocycles. The third-order valence-corrected chi connectivity index (χ3v) is 3.48. The van der Waals surface area contributed by atoms with Gasteiger partial charge in [-0.05, 0) is 18.2 Å². The van der Waals surface area contributed by atoms with Gasteiger partial charge in [-0.2, -0.15) is 19.6 Å². The molecule has 0 aliphatic heterocycles. The molecule has 0 saturated carbocycles. The molecular weight excluding hydrogens is 314 g/mol. The minimum atomic E-state index is -0.453. The Labute approximate surface area is 121 Å². The lowest BCUT2D eigenvalue weighted by Crippen LogP contribution is -1.98. The van der Waals surface area contributed by atoms with Crippen LogP contribution in [-0.2, 0) is 0 Å². The van der Waals surface area contributed by atoms with Crippen molar-refractivity contribution in [3.63, 3.8) is 0 Å². The van der Waals surface area contributed by atoms with Gasteiger partial charge in [0.05, 0.1) is 5.56 Å². The number of halogens is 4. The van der Waals surface area contributed by atoms with Crippen LogP contribution in [0.3, 0.4) is 0 Å². The average Bonchev–Trinajstić information content (AvgIpc) is 2.82. The Morgan fingerprint density at radius 3 is 2.74 bits per heavy atom. The van der Waals surface area contributed by atoms with Gasteiger partial charge in [0.1, 0.15) is 22.5 Å². The molecule has 0 aliphatic rings. The van der Waals surface area contributed by atoms with E-state index in [4.69, 9.17) is 34.8 Å². The zero-order valence-corrected chi connectivity index (χ0v) is 11.4. The van der Waals surface area contributed by atoms with Gasteiger partial charge in [0.25, 0.3) is 5.78 Å². The van der Waals surface area contributed by atoms with Gasteiger partial charge in [0, 0.05) is 10.6 Å². The summed E-state index contributed by atoms with van der Waals surface area (Å²) in [6.45, 7) is 0. The number of benzene rings is 1. The fourth-order valence-corrected chi connectivity index (χ4v) is 2.53. The van der Waals surface area contributed by atoms with E-state index in [9.17, 15) is 4.39 Å². The van der Waals surface area contributed by atoms with E-state index >= 15 is 0 Å². The molecule has 0 radical (unpaired) electrons. The molecule has 2 aromatic heterocycles. The van der Waals surface area contributed by atoms with Crippen LogP contribution in [-0.4, -0.2) is 19.6 Å². The normalized spacial score (nSPS) is 11.2. The van der Waals surface area contributed by atoms with E-state index in [0.29, 0.717) is 16.1 Å². The molecule has 0 fully saturated rings. The van der Waals surface area contributed by atoms with Crippen molar-refractivity contribution in [1.29, 1.82) is 0 Å². The molecule has 3 aromatic rings. The molecule has 8 heteroatoms. The largest absolute Gasteiger partial charge is 0.255 e. The van der Waals surface area contributed by atoms with Gasteiger partial charge in [-0.25, -0.2) is 4.39 Å². The lowest BCUT2D eigenvalue weighted by atomic mass is 10.1. The molecule has 0 aliphatic carbocycles. The molecule has 0 unspecified atom stereocenters. The fraction of sp³-hybridized carbons (Fsp3) is 0. The van der Waals surface area contributed by atoms with Crippen molar-refractivity contribution in [2.75, 3.05) is 0 Å². The van der Waals surface area contributed by atoms with Gasteiger partial charge in [0.15, 0.2) is 0 Å². The van der Waals surface area contributed by atoms with E-state index in [1.165, 1.54) is 29.0 Å². The highest BCUT2D eigenvalue weighted by Crippen LogP contribution is 2.37. The summed E-state index contributed by atoms with van der Waals surface area (Å²) < 4.78 is 14.6. The van der Waals surface area contributed by atoms with Crippen LogP contribution in [0.5, 0.6) is 0 Å². The summed E-state index contributed by atoms with van der Waals surface area (Å²) in [5, 5.41) is 4.47. The van der Waals surface area contributed by atoms with Crippen LogP contribution in [0.15, 0.2) is 24.5 Å². The van der Waals surface area contributed by atoms with Crippen LogP contribution in [0.1, 0.15) is 0 Å². The monoisotopic (exact) mass is 316 g/mol. The van der Waals surface area contributed by atoms with Crippen molar-refractivity contribution >= 4 is 40.6 Å². The number of fused-ring (bicyclic) bond motifs is 1. The first-order valence-electron chi connectivity index (χ1n) is 5.08. The SMILES string of the molecule is Fc1ccc(Cl)c(-c2c(Cl)nc3ncnn3c2Cl)c1. The topological polar surface area (TPSA) is 43.1 Å². The van der Waals surface area contributed by atoms with Crippen molar-refractivity contribution in [1.82, 2.24) is 19.6 Å². The number of aromatic nitrogens is 4. The number of hydrogen-bond donors (Lipinski definition) is 0. The van der Waals surface area contributed by atoms with Gasteiger partial charge in [-0.1, -0.05) is 34.8 Å². The van der Waals surface area contributed by atoms with Crippen molar-refractivity contribution in [2.24, 2.45) is 0 Å². The molecule has 2 heterocycles. The van der Waals surface area contributed by atoms with Crippen LogP contribution in [0.25, 0.3) is 16.9 Å². The van der Waals surface area contributed by atoms with Crippen molar-refractivity contribution in [3.05, 3.63) is 45.7 Å². The second-order valence-corrected chi connectivity index (χ2v) is 4.79. The molecule has 0 N–H and O–H groups in total. The van der Waals surface area contributed by atoms with E-state index in [0.717, 1.165) is 0 Å². The Bertz CT molecular complexity index is 787. The maximum Gasteiger partial charge on any atom is 0.255 e. The average molecular weight is 318 g/mol. The van der Waals surface area contributed by atoms with Crippen molar-refractivity contribution in [3.8, 4) is 11.1 Å². The second-order valence-electron chi connectivity index (χ2n) is 3.66. The summed E-state index contributed by atoms with van der Waals surface area (Å²) in [5.74, 6) is -0.198. The summed E-state index contributed by atoms with van der Waals surface area (Å²) in [7, 11) is 0. The van der Waals surface area contributed by atoms with Crippen LogP contribution in [0, 0.1) is 5.82 Å². The quantitative estimate of drug-likeness (QED) is 0.639. The minimum absolute atomic E-state index is 0.0815. The second kappa shape index (κ2) is 4.59. The van der Waals surface area contributed by atoms with Gasteiger partial charge in [0.2, 0.25) is 0 Å². The van der Waals surface area contributed by atoms with E-state index in [-0.39, 0.29) is 16.1 Å². The van der Waals surface area contributed by atoms with Gasteiger partial charge in [-0.15, -0.1) is 0 Å². The van der Waals surface area contributed by atoms with Crippen LogP contribution in [0.2, 0.25) is 15.3 Å².